The average Bonchev–Trinajstić information content (AvgIpc) is 3.37. The van der Waals surface area contributed by atoms with Crippen molar-refractivity contribution in [3.8, 4) is 22.1 Å². The molecule has 0 saturated carbocycles. The molecule has 2 heterocycles. The minimum Gasteiger partial charge on any atom is -0.497 e. The van der Waals surface area contributed by atoms with Gasteiger partial charge in [0.25, 0.3) is 15.9 Å². The van der Waals surface area contributed by atoms with Crippen LogP contribution in [0.15, 0.2) is 77.7 Å². The molecule has 184 valence electrons. The molecule has 1 atom stereocenters. The maximum absolute atomic E-state index is 13.5. The lowest BCUT2D eigenvalue weighted by Crippen LogP contribution is -2.48. The second kappa shape index (κ2) is 9.59. The summed E-state index contributed by atoms with van der Waals surface area (Å²) >= 11 is 1.20. The summed E-state index contributed by atoms with van der Waals surface area (Å²) in [6.07, 6.45) is -1.09. The van der Waals surface area contributed by atoms with Crippen molar-refractivity contribution < 1.29 is 22.7 Å². The zero-order valence-electron chi connectivity index (χ0n) is 19.4. The zero-order chi connectivity index (χ0) is 25.3. The predicted molar refractivity (Wildman–Crippen MR) is 137 cm³/mol. The predicted octanol–water partition coefficient (Wildman–Crippen LogP) is 4.12. The molecule has 0 bridgehead atoms. The van der Waals surface area contributed by atoms with E-state index >= 15 is 0 Å². The third-order valence-electron chi connectivity index (χ3n) is 5.60. The third-order valence-corrected chi connectivity index (χ3v) is 8.28. The highest BCUT2D eigenvalue weighted by Gasteiger charge is 2.38. The number of hydrogen-bond acceptors (Lipinski definition) is 8. The van der Waals surface area contributed by atoms with E-state index in [4.69, 9.17) is 9.47 Å². The Kier molecular flexibility index (Phi) is 6.33. The smallest absolute Gasteiger partial charge is 0.269 e. The van der Waals surface area contributed by atoms with Gasteiger partial charge in [0, 0.05) is 5.56 Å². The molecule has 11 heteroatoms. The van der Waals surface area contributed by atoms with E-state index in [1.807, 2.05) is 31.2 Å². The Balaban J connectivity index is 1.40. The van der Waals surface area contributed by atoms with Gasteiger partial charge in [0.2, 0.25) is 5.13 Å². The zero-order valence-corrected chi connectivity index (χ0v) is 21.0. The molecular formula is C25H22N4O5S2. The fraction of sp³-hybridized carbons (Fsp3) is 0.160. The molecule has 1 aliphatic heterocycles. The number of methoxy groups -OCH3 is 1. The van der Waals surface area contributed by atoms with Gasteiger partial charge in [0.15, 0.2) is 6.10 Å². The number of anilines is 2. The van der Waals surface area contributed by atoms with E-state index in [1.54, 1.807) is 43.5 Å². The number of ether oxygens (including phenoxy) is 2. The summed E-state index contributed by atoms with van der Waals surface area (Å²) in [4.78, 5) is 13.3. The first-order chi connectivity index (χ1) is 17.3. The first-order valence-corrected chi connectivity index (χ1v) is 13.2. The maximum atomic E-state index is 13.5. The second-order valence-electron chi connectivity index (χ2n) is 8.06. The largest absolute Gasteiger partial charge is 0.497 e. The fourth-order valence-corrected chi connectivity index (χ4v) is 6.00. The summed E-state index contributed by atoms with van der Waals surface area (Å²) < 4.78 is 39.3. The van der Waals surface area contributed by atoms with E-state index in [2.05, 4.69) is 15.5 Å². The van der Waals surface area contributed by atoms with E-state index in [0.717, 1.165) is 16.9 Å². The van der Waals surface area contributed by atoms with Crippen LogP contribution in [0.25, 0.3) is 10.6 Å². The fourth-order valence-electron chi connectivity index (χ4n) is 3.76. The standard InChI is InChI=1S/C25H22N4O5S2/c1-16-8-13-21-20(14-16)29(36(31,32)19-6-4-3-5-7-19)15-22(34-21)23(30)26-25-28-27-24(35-25)17-9-11-18(33-2)12-10-17/h3-14,22H,15H2,1-2H3,(H,26,28,30). The van der Waals surface area contributed by atoms with Crippen molar-refractivity contribution in [3.63, 3.8) is 0 Å². The third kappa shape index (κ3) is 4.62. The van der Waals surface area contributed by atoms with Crippen molar-refractivity contribution in [1.82, 2.24) is 10.2 Å². The quantitative estimate of drug-likeness (QED) is 0.406. The highest BCUT2D eigenvalue weighted by Crippen LogP contribution is 2.38. The molecule has 1 aromatic heterocycles. The summed E-state index contributed by atoms with van der Waals surface area (Å²) in [5.74, 6) is 0.506. The Morgan fingerprint density at radius 1 is 1.08 bits per heavy atom. The Hall–Kier alpha value is -3.96. The maximum Gasteiger partial charge on any atom is 0.269 e. The van der Waals surface area contributed by atoms with E-state index in [1.165, 1.54) is 27.8 Å². The van der Waals surface area contributed by atoms with Gasteiger partial charge in [-0.1, -0.05) is 35.6 Å². The molecule has 1 N–H and O–H groups in total. The van der Waals surface area contributed by atoms with E-state index < -0.39 is 22.0 Å². The van der Waals surface area contributed by atoms with Crippen LogP contribution in [-0.4, -0.2) is 44.3 Å². The van der Waals surface area contributed by atoms with Crippen LogP contribution in [0.4, 0.5) is 10.8 Å². The van der Waals surface area contributed by atoms with Crippen LogP contribution in [-0.2, 0) is 14.8 Å². The van der Waals surface area contributed by atoms with Crippen LogP contribution in [0.3, 0.4) is 0 Å². The number of benzene rings is 3. The van der Waals surface area contributed by atoms with Gasteiger partial charge >= 0.3 is 0 Å². The van der Waals surface area contributed by atoms with Gasteiger partial charge in [0.05, 0.1) is 24.2 Å². The van der Waals surface area contributed by atoms with Crippen molar-refractivity contribution in [3.05, 3.63) is 78.4 Å². The van der Waals surface area contributed by atoms with Gasteiger partial charge < -0.3 is 9.47 Å². The number of aromatic nitrogens is 2. The summed E-state index contributed by atoms with van der Waals surface area (Å²) in [5.41, 5.74) is 2.08. The Morgan fingerprint density at radius 3 is 2.56 bits per heavy atom. The molecule has 0 radical (unpaired) electrons. The highest BCUT2D eigenvalue weighted by atomic mass is 32.2. The average molecular weight is 523 g/mol. The number of fused-ring (bicyclic) bond motifs is 1. The van der Waals surface area contributed by atoms with Crippen LogP contribution in [0.2, 0.25) is 0 Å². The van der Waals surface area contributed by atoms with Crippen molar-refractivity contribution in [2.75, 3.05) is 23.3 Å². The van der Waals surface area contributed by atoms with E-state index in [-0.39, 0.29) is 16.6 Å². The summed E-state index contributed by atoms with van der Waals surface area (Å²) in [5, 5.41) is 11.8. The number of amides is 1. The molecule has 0 fully saturated rings. The number of nitrogens with zero attached hydrogens (tertiary/aromatic N) is 3. The Bertz CT molecular complexity index is 1510. The molecule has 1 aliphatic rings. The van der Waals surface area contributed by atoms with Crippen molar-refractivity contribution >= 4 is 38.1 Å². The van der Waals surface area contributed by atoms with Crippen LogP contribution < -0.4 is 19.1 Å². The Labute approximate surface area is 212 Å². The van der Waals surface area contributed by atoms with Gasteiger partial charge in [-0.15, -0.1) is 10.2 Å². The van der Waals surface area contributed by atoms with Crippen LogP contribution in [0.5, 0.6) is 11.5 Å². The van der Waals surface area contributed by atoms with Crippen molar-refractivity contribution in [2.45, 2.75) is 17.9 Å². The molecule has 36 heavy (non-hydrogen) atoms. The molecule has 9 nitrogen and oxygen atoms in total. The van der Waals surface area contributed by atoms with Crippen LogP contribution in [0.1, 0.15) is 5.56 Å². The SMILES string of the molecule is COc1ccc(-c2nnc(NC(=O)C3CN(S(=O)(=O)c4ccccc4)c4cc(C)ccc4O3)s2)cc1. The number of sulfonamides is 1. The monoisotopic (exact) mass is 522 g/mol. The molecule has 0 aliphatic carbocycles. The second-order valence-corrected chi connectivity index (χ2v) is 10.9. The van der Waals surface area contributed by atoms with Gasteiger partial charge in [-0.2, -0.15) is 0 Å². The summed E-state index contributed by atoms with van der Waals surface area (Å²) in [6.45, 7) is 1.67. The minimum absolute atomic E-state index is 0.131. The summed E-state index contributed by atoms with van der Waals surface area (Å²) in [6, 6.07) is 20.6. The summed E-state index contributed by atoms with van der Waals surface area (Å²) in [7, 11) is -2.34. The molecule has 5 rings (SSSR count). The normalized spacial score (nSPS) is 15.1. The number of carbonyl (C=O) groups excluding carboxylic acids is 1. The molecule has 3 aromatic carbocycles. The first kappa shape index (κ1) is 23.8. The Morgan fingerprint density at radius 2 is 1.83 bits per heavy atom. The molecule has 0 saturated heterocycles. The van der Waals surface area contributed by atoms with Crippen LogP contribution >= 0.6 is 11.3 Å². The van der Waals surface area contributed by atoms with E-state index in [0.29, 0.717) is 16.4 Å². The molecule has 4 aromatic rings. The number of hydrogen-bond donors (Lipinski definition) is 1. The molecule has 1 amide bonds. The molecular weight excluding hydrogens is 500 g/mol. The lowest BCUT2D eigenvalue weighted by molar-refractivity contribution is -0.122. The van der Waals surface area contributed by atoms with Crippen LogP contribution in [0, 0.1) is 6.92 Å². The van der Waals surface area contributed by atoms with Gasteiger partial charge in [-0.3, -0.25) is 14.4 Å². The lowest BCUT2D eigenvalue weighted by Gasteiger charge is -2.34. The topological polar surface area (TPSA) is 111 Å². The lowest BCUT2D eigenvalue weighted by atomic mass is 10.1. The van der Waals surface area contributed by atoms with Gasteiger partial charge in [-0.25, -0.2) is 8.42 Å². The highest BCUT2D eigenvalue weighted by molar-refractivity contribution is 7.92. The first-order valence-electron chi connectivity index (χ1n) is 11.0. The number of nitrogens with one attached hydrogen (secondary N) is 1. The van der Waals surface area contributed by atoms with E-state index in [9.17, 15) is 13.2 Å². The molecule has 1 unspecified atom stereocenters. The van der Waals surface area contributed by atoms with Gasteiger partial charge in [-0.05, 0) is 61.0 Å². The number of rotatable bonds is 6. The number of aryl methyl sites for hydroxylation is 1. The molecule has 0 spiro atoms. The van der Waals surface area contributed by atoms with Crippen molar-refractivity contribution in [2.24, 2.45) is 0 Å². The van der Waals surface area contributed by atoms with Crippen molar-refractivity contribution in [1.29, 1.82) is 0 Å². The van der Waals surface area contributed by atoms with Gasteiger partial charge in [0.1, 0.15) is 16.5 Å². The number of carbonyl (C=O) groups is 1. The minimum atomic E-state index is -3.93.